The molecule has 0 radical (unpaired) electrons. The van der Waals surface area contributed by atoms with Crippen molar-refractivity contribution < 1.29 is 48.6 Å². The lowest BCUT2D eigenvalue weighted by molar-refractivity contribution is -0.398. The minimum Gasteiger partial charge on any atom is -0.481 e. The van der Waals surface area contributed by atoms with Crippen molar-refractivity contribution in [1.82, 2.24) is 5.32 Å². The van der Waals surface area contributed by atoms with E-state index in [0.717, 1.165) is 38.6 Å². The summed E-state index contributed by atoms with van der Waals surface area (Å²) in [5.41, 5.74) is -1.49. The first-order chi connectivity index (χ1) is 27.8. The van der Waals surface area contributed by atoms with E-state index in [4.69, 9.17) is 23.7 Å². The Morgan fingerprint density at radius 3 is 2.20 bits per heavy atom. The van der Waals surface area contributed by atoms with Crippen LogP contribution in [0.25, 0.3) is 0 Å². The van der Waals surface area contributed by atoms with Crippen LogP contribution in [0.15, 0.2) is 12.2 Å². The van der Waals surface area contributed by atoms with E-state index in [1.54, 1.807) is 0 Å². The Morgan fingerprint density at radius 1 is 0.864 bits per heavy atom. The summed E-state index contributed by atoms with van der Waals surface area (Å²) in [5, 5.41) is 36.7. The van der Waals surface area contributed by atoms with Crippen molar-refractivity contribution in [3.8, 4) is 0 Å². The summed E-state index contributed by atoms with van der Waals surface area (Å²) in [7, 11) is 0. The third-order valence-corrected chi connectivity index (χ3v) is 15.9. The van der Waals surface area contributed by atoms with E-state index in [0.29, 0.717) is 44.9 Å². The highest BCUT2D eigenvalue weighted by molar-refractivity contribution is 5.84. The smallest absolute Gasteiger partial charge is 0.309 e. The standard InChI is InChI=1S/C48H83NO10/c1-12-16-17-18-27-49-38-21-24-47(59-48(38)26-25-45(11,58-48)39-22-23-46(54,15-4)34(10)55-39)31(7)28-30(6)43(57-47)36(14-3)41(51)32(8)40(50)33(9)42-29(5)19-20-37(56-42)35(13-2)44(52)53/h21,24,29-40,42-43,49-50,54H,12-20,22-23,25-28H2,1-11H3,(H,52,53)/t29-,30-,31+,32-,33-,34-,35+,36-,37+,38+,39+,40+,42+,43-,45-,46+,47?,48-/m0/s1. The molecule has 5 aliphatic heterocycles. The highest BCUT2D eigenvalue weighted by Gasteiger charge is 2.63. The fourth-order valence-electron chi connectivity index (χ4n) is 11.5. The van der Waals surface area contributed by atoms with E-state index >= 15 is 0 Å². The molecule has 11 nitrogen and oxygen atoms in total. The van der Waals surface area contributed by atoms with Crippen molar-refractivity contribution in [2.24, 2.45) is 41.4 Å². The summed E-state index contributed by atoms with van der Waals surface area (Å²) in [6, 6.07) is -0.217. The van der Waals surface area contributed by atoms with Crippen LogP contribution >= 0.6 is 0 Å². The van der Waals surface area contributed by atoms with Crippen LogP contribution in [-0.4, -0.2) is 99.1 Å². The van der Waals surface area contributed by atoms with E-state index in [2.05, 4.69) is 52.1 Å². The van der Waals surface area contributed by atoms with Crippen molar-refractivity contribution in [3.63, 3.8) is 0 Å². The SMILES string of the molecule is CCCCCCN[C@@H]1C=CC2(O[C@H]([C@@H](CC)C(=O)[C@@H](C)[C@@H](O)[C@H](C)[C@@H]3O[C@@H]([C@@H](CC)C(=O)O)CC[C@@H]3C)[C@@H](C)C[C@H]2C)O[C@@]12CC[C@@](C)([C@H]1CC[C@](O)(CC)[C@H](C)O1)O2. The largest absolute Gasteiger partial charge is 0.481 e. The van der Waals surface area contributed by atoms with E-state index in [9.17, 15) is 24.9 Å². The number of nitrogens with one attached hydrogen (secondary N) is 1. The average molecular weight is 834 g/mol. The second-order valence-corrected chi connectivity index (χ2v) is 20.0. The zero-order valence-electron chi connectivity index (χ0n) is 38.5. The maximum atomic E-state index is 14.7. The minimum atomic E-state index is -1.13. The van der Waals surface area contributed by atoms with Crippen LogP contribution in [0.5, 0.6) is 0 Å². The van der Waals surface area contributed by atoms with Gasteiger partial charge in [0, 0.05) is 30.1 Å². The molecule has 5 heterocycles. The van der Waals surface area contributed by atoms with Gasteiger partial charge in [-0.05, 0) is 103 Å². The lowest BCUT2D eigenvalue weighted by atomic mass is 9.72. The first kappa shape index (κ1) is 48.6. The van der Waals surface area contributed by atoms with Gasteiger partial charge in [0.1, 0.15) is 5.78 Å². The number of carboxylic acids is 1. The summed E-state index contributed by atoms with van der Waals surface area (Å²) in [5.74, 6) is -5.03. The van der Waals surface area contributed by atoms with Gasteiger partial charge in [0.25, 0.3) is 0 Å². The van der Waals surface area contributed by atoms with Gasteiger partial charge in [-0.1, -0.05) is 87.7 Å². The number of aliphatic carboxylic acids is 1. The van der Waals surface area contributed by atoms with E-state index in [1.807, 2.05) is 41.5 Å². The van der Waals surface area contributed by atoms with E-state index in [-0.39, 0.29) is 53.8 Å². The summed E-state index contributed by atoms with van der Waals surface area (Å²) in [6.45, 7) is 23.2. The summed E-state index contributed by atoms with van der Waals surface area (Å²) >= 11 is 0. The number of rotatable bonds is 18. The van der Waals surface area contributed by atoms with Crippen LogP contribution in [0.3, 0.4) is 0 Å². The number of ketones is 1. The summed E-state index contributed by atoms with van der Waals surface area (Å²) in [6.07, 6.45) is 12.7. The predicted molar refractivity (Wildman–Crippen MR) is 229 cm³/mol. The second-order valence-electron chi connectivity index (χ2n) is 20.0. The molecule has 1 unspecified atom stereocenters. The van der Waals surface area contributed by atoms with E-state index < -0.39 is 64.8 Å². The highest BCUT2D eigenvalue weighted by atomic mass is 16.8. The molecular formula is C48H83NO10. The lowest BCUT2D eigenvalue weighted by Gasteiger charge is -2.55. The zero-order valence-corrected chi connectivity index (χ0v) is 38.5. The molecule has 5 rings (SSSR count). The number of ether oxygens (including phenoxy) is 5. The molecule has 2 spiro atoms. The quantitative estimate of drug-likeness (QED) is 0.0779. The predicted octanol–water partition coefficient (Wildman–Crippen LogP) is 8.37. The molecule has 5 aliphatic rings. The van der Waals surface area contributed by atoms with Gasteiger partial charge in [-0.3, -0.25) is 9.59 Å². The highest BCUT2D eigenvalue weighted by Crippen LogP contribution is 2.54. The van der Waals surface area contributed by atoms with Crippen LogP contribution in [0.1, 0.15) is 166 Å². The van der Waals surface area contributed by atoms with Gasteiger partial charge in [0.15, 0.2) is 11.6 Å². The van der Waals surface area contributed by atoms with Gasteiger partial charge in [-0.2, -0.15) is 0 Å². The molecule has 0 aliphatic carbocycles. The molecular weight excluding hydrogens is 751 g/mol. The molecule has 4 saturated heterocycles. The molecule has 0 aromatic rings. The third kappa shape index (κ3) is 10.0. The Labute approximate surface area is 356 Å². The molecule has 0 aromatic heterocycles. The summed E-state index contributed by atoms with van der Waals surface area (Å²) in [4.78, 5) is 26.7. The minimum absolute atomic E-state index is 0.0281. The molecule has 0 bridgehead atoms. The molecule has 59 heavy (non-hydrogen) atoms. The normalized spacial score (nSPS) is 42.7. The molecule has 4 fully saturated rings. The number of carbonyl (C=O) groups excluding carboxylic acids is 1. The first-order valence-corrected chi connectivity index (χ1v) is 23.8. The van der Waals surface area contributed by atoms with Gasteiger partial charge >= 0.3 is 5.97 Å². The lowest BCUT2D eigenvalue weighted by Crippen LogP contribution is -2.65. The fraction of sp³-hybridized carbons (Fsp3) is 0.917. The zero-order chi connectivity index (χ0) is 43.5. The van der Waals surface area contributed by atoms with Crippen molar-refractivity contribution >= 4 is 11.8 Å². The Balaban J connectivity index is 1.36. The van der Waals surface area contributed by atoms with E-state index in [1.165, 1.54) is 12.8 Å². The molecule has 0 amide bonds. The van der Waals surface area contributed by atoms with Gasteiger partial charge < -0.3 is 44.3 Å². The third-order valence-electron chi connectivity index (χ3n) is 15.9. The first-order valence-electron chi connectivity index (χ1n) is 23.8. The molecule has 0 aromatic carbocycles. The molecule has 340 valence electrons. The molecule has 11 heteroatoms. The van der Waals surface area contributed by atoms with Crippen LogP contribution < -0.4 is 5.32 Å². The number of Topliss-reactive ketones (excluding diaryl/α,β-unsaturated/α-hetero) is 1. The van der Waals surface area contributed by atoms with Crippen LogP contribution in [0.2, 0.25) is 0 Å². The Kier molecular flexibility index (Phi) is 16.4. The molecule has 0 saturated carbocycles. The Hall–Kier alpha value is -1.44. The molecule has 4 N–H and O–H groups in total. The van der Waals surface area contributed by atoms with Crippen molar-refractivity contribution in [2.45, 2.75) is 231 Å². The average Bonchev–Trinajstić information content (AvgIpc) is 3.55. The number of hydrogen-bond acceptors (Lipinski definition) is 10. The Morgan fingerprint density at radius 2 is 1.58 bits per heavy atom. The van der Waals surface area contributed by atoms with Gasteiger partial charge in [-0.25, -0.2) is 0 Å². The maximum absolute atomic E-state index is 14.7. The van der Waals surface area contributed by atoms with Crippen molar-refractivity contribution in [2.75, 3.05) is 6.54 Å². The van der Waals surface area contributed by atoms with Gasteiger partial charge in [0.05, 0.1) is 59.8 Å². The maximum Gasteiger partial charge on any atom is 0.309 e. The topological polar surface area (TPSA) is 153 Å². The van der Waals surface area contributed by atoms with Crippen molar-refractivity contribution in [3.05, 3.63) is 12.2 Å². The number of carbonyl (C=O) groups is 2. The number of unbranched alkanes of at least 4 members (excludes halogenated alkanes) is 3. The van der Waals surface area contributed by atoms with Gasteiger partial charge in [0.2, 0.25) is 0 Å². The van der Waals surface area contributed by atoms with Gasteiger partial charge in [-0.15, -0.1) is 0 Å². The monoisotopic (exact) mass is 834 g/mol. The number of aliphatic hydroxyl groups excluding tert-OH is 1. The van der Waals surface area contributed by atoms with Crippen molar-refractivity contribution in [1.29, 1.82) is 0 Å². The number of hydrogen-bond donors (Lipinski definition) is 4. The fourth-order valence-corrected chi connectivity index (χ4v) is 11.5. The van der Waals surface area contributed by atoms with Crippen LogP contribution in [0, 0.1) is 41.4 Å². The second kappa shape index (κ2) is 19.9. The van der Waals surface area contributed by atoms with Crippen LogP contribution in [0.4, 0.5) is 0 Å². The summed E-state index contributed by atoms with van der Waals surface area (Å²) < 4.78 is 34.9. The number of aliphatic hydroxyl groups is 2. The van der Waals surface area contributed by atoms with Crippen LogP contribution in [-0.2, 0) is 33.3 Å². The Bertz CT molecular complexity index is 1430. The number of carboxylic acid groups (broad SMARTS) is 1. The molecule has 18 atom stereocenters.